The van der Waals surface area contributed by atoms with Crippen LogP contribution >= 0.6 is 0 Å². The van der Waals surface area contributed by atoms with Gasteiger partial charge in [0.1, 0.15) is 0 Å². The minimum atomic E-state index is -0.365. The van der Waals surface area contributed by atoms with Crippen LogP contribution in [0, 0.1) is 5.92 Å². The third-order valence-corrected chi connectivity index (χ3v) is 2.92. The Bertz CT molecular complexity index is 528. The molecule has 0 saturated carbocycles. The van der Waals surface area contributed by atoms with Crippen molar-refractivity contribution in [1.82, 2.24) is 19.5 Å². The highest BCUT2D eigenvalue weighted by molar-refractivity contribution is 5.93. The first kappa shape index (κ1) is 10.2. The summed E-state index contributed by atoms with van der Waals surface area (Å²) in [6.07, 6.45) is 3.38. The summed E-state index contributed by atoms with van der Waals surface area (Å²) < 4.78 is 13.8. The maximum atomic E-state index is 12.3. The fourth-order valence-electron chi connectivity index (χ4n) is 1.93. The van der Waals surface area contributed by atoms with Gasteiger partial charge in [0.2, 0.25) is 0 Å². The fraction of sp³-hybridized carbons (Fsp3) is 0.364. The van der Waals surface area contributed by atoms with E-state index in [9.17, 15) is 9.18 Å². The summed E-state index contributed by atoms with van der Waals surface area (Å²) in [5, 5.41) is 4.14. The molecule has 0 aliphatic carbocycles. The lowest BCUT2D eigenvalue weighted by Gasteiger charge is -2.37. The minimum Gasteiger partial charge on any atom is -0.336 e. The largest absolute Gasteiger partial charge is 0.336 e. The first-order valence-corrected chi connectivity index (χ1v) is 5.43. The predicted molar refractivity (Wildman–Crippen MR) is 58.4 cm³/mol. The molecule has 0 aromatic carbocycles. The highest BCUT2D eigenvalue weighted by Crippen LogP contribution is 2.18. The molecule has 3 heterocycles. The molecule has 0 bridgehead atoms. The van der Waals surface area contributed by atoms with Crippen molar-refractivity contribution in [1.29, 1.82) is 0 Å². The quantitative estimate of drug-likeness (QED) is 0.771. The Morgan fingerprint density at radius 2 is 2.35 bits per heavy atom. The van der Waals surface area contributed by atoms with Crippen LogP contribution < -0.4 is 0 Å². The molecule has 6 heteroatoms. The van der Waals surface area contributed by atoms with Gasteiger partial charge in [-0.3, -0.25) is 9.18 Å². The number of hydrogen-bond donors (Lipinski definition) is 0. The zero-order valence-electron chi connectivity index (χ0n) is 9.08. The van der Waals surface area contributed by atoms with Crippen LogP contribution in [0.3, 0.4) is 0 Å². The number of halogens is 1. The molecule has 5 nitrogen and oxygen atoms in total. The molecule has 1 fully saturated rings. The van der Waals surface area contributed by atoms with Crippen molar-refractivity contribution < 1.29 is 9.18 Å². The lowest BCUT2D eigenvalue weighted by atomic mass is 10.0. The zero-order chi connectivity index (χ0) is 11.8. The molecule has 0 spiro atoms. The number of carbonyl (C=O) groups is 1. The number of rotatable bonds is 2. The van der Waals surface area contributed by atoms with Crippen LogP contribution in [-0.4, -0.2) is 45.2 Å². The number of aromatic nitrogens is 3. The Kier molecular flexibility index (Phi) is 2.28. The standard InChI is InChI=1S/C11H11FN4O/c12-5-8-6-15(7-8)11(17)9-4-10-13-2-1-3-16(10)14-9/h1-4,8H,5-7H2. The number of nitrogens with zero attached hydrogens (tertiary/aromatic N) is 4. The molecule has 88 valence electrons. The van der Waals surface area contributed by atoms with Crippen LogP contribution in [0.1, 0.15) is 10.5 Å². The van der Waals surface area contributed by atoms with Crippen LogP contribution in [0.25, 0.3) is 5.65 Å². The van der Waals surface area contributed by atoms with E-state index in [0.717, 1.165) is 0 Å². The van der Waals surface area contributed by atoms with E-state index in [1.165, 1.54) is 0 Å². The predicted octanol–water partition coefficient (Wildman–Crippen LogP) is 0.771. The number of hydrogen-bond acceptors (Lipinski definition) is 3. The van der Waals surface area contributed by atoms with E-state index in [4.69, 9.17) is 0 Å². The normalized spacial score (nSPS) is 16.2. The number of fused-ring (bicyclic) bond motifs is 1. The SMILES string of the molecule is O=C(c1cc2ncccn2n1)N1CC(CF)C1. The summed E-state index contributed by atoms with van der Waals surface area (Å²) in [5.74, 6) is -0.158. The van der Waals surface area contributed by atoms with Gasteiger partial charge in [-0.25, -0.2) is 9.50 Å². The third kappa shape index (κ3) is 1.65. The molecule has 0 N–H and O–H groups in total. The fourth-order valence-corrected chi connectivity index (χ4v) is 1.93. The Labute approximate surface area is 96.9 Å². The summed E-state index contributed by atoms with van der Waals surface area (Å²) in [4.78, 5) is 17.6. The van der Waals surface area contributed by atoms with Crippen LogP contribution in [0.2, 0.25) is 0 Å². The smallest absolute Gasteiger partial charge is 0.274 e. The molecule has 2 aromatic heterocycles. The van der Waals surface area contributed by atoms with E-state index < -0.39 is 0 Å². The summed E-state index contributed by atoms with van der Waals surface area (Å²) in [5.41, 5.74) is 0.999. The summed E-state index contributed by atoms with van der Waals surface area (Å²) in [7, 11) is 0. The number of amides is 1. The van der Waals surface area contributed by atoms with Crippen molar-refractivity contribution in [2.75, 3.05) is 19.8 Å². The van der Waals surface area contributed by atoms with Gasteiger partial charge in [-0.2, -0.15) is 5.10 Å². The molecular weight excluding hydrogens is 223 g/mol. The van der Waals surface area contributed by atoms with Crippen molar-refractivity contribution >= 4 is 11.6 Å². The Balaban J connectivity index is 1.82. The van der Waals surface area contributed by atoms with Gasteiger partial charge in [0.15, 0.2) is 11.3 Å². The summed E-state index contributed by atoms with van der Waals surface area (Å²) in [6, 6.07) is 3.39. The van der Waals surface area contributed by atoms with Crippen LogP contribution in [0.15, 0.2) is 24.5 Å². The molecule has 0 radical (unpaired) electrons. The maximum Gasteiger partial charge on any atom is 0.274 e. The van der Waals surface area contributed by atoms with Crippen molar-refractivity contribution in [2.45, 2.75) is 0 Å². The van der Waals surface area contributed by atoms with E-state index in [-0.39, 0.29) is 18.5 Å². The molecule has 1 aliphatic heterocycles. The van der Waals surface area contributed by atoms with Crippen LogP contribution in [-0.2, 0) is 0 Å². The summed E-state index contributed by atoms with van der Waals surface area (Å²) >= 11 is 0. The first-order chi connectivity index (χ1) is 8.28. The zero-order valence-corrected chi connectivity index (χ0v) is 9.08. The number of likely N-dealkylation sites (tertiary alicyclic amines) is 1. The van der Waals surface area contributed by atoms with Gasteiger partial charge in [0.05, 0.1) is 6.67 Å². The molecule has 1 saturated heterocycles. The third-order valence-electron chi connectivity index (χ3n) is 2.92. The van der Waals surface area contributed by atoms with Crippen molar-refractivity contribution in [3.05, 3.63) is 30.2 Å². The van der Waals surface area contributed by atoms with E-state index in [2.05, 4.69) is 10.1 Å². The second-order valence-electron chi connectivity index (χ2n) is 4.18. The van der Waals surface area contributed by atoms with Gasteiger partial charge < -0.3 is 4.90 Å². The molecule has 17 heavy (non-hydrogen) atoms. The molecular formula is C11H11FN4O. The van der Waals surface area contributed by atoms with Crippen molar-refractivity contribution in [3.63, 3.8) is 0 Å². The number of carbonyl (C=O) groups excluding carboxylic acids is 1. The minimum absolute atomic E-state index is 0.00546. The molecule has 0 unspecified atom stereocenters. The molecule has 1 aliphatic rings. The van der Waals surface area contributed by atoms with E-state index in [0.29, 0.717) is 24.4 Å². The van der Waals surface area contributed by atoms with E-state index in [1.807, 2.05) is 0 Å². The van der Waals surface area contributed by atoms with Gasteiger partial charge in [0, 0.05) is 37.5 Å². The average molecular weight is 234 g/mol. The highest BCUT2D eigenvalue weighted by Gasteiger charge is 2.32. The molecule has 2 aromatic rings. The molecule has 0 atom stereocenters. The van der Waals surface area contributed by atoms with Gasteiger partial charge in [-0.15, -0.1) is 0 Å². The number of alkyl halides is 1. The first-order valence-electron chi connectivity index (χ1n) is 5.43. The highest BCUT2D eigenvalue weighted by atomic mass is 19.1. The van der Waals surface area contributed by atoms with Crippen LogP contribution in [0.4, 0.5) is 4.39 Å². The van der Waals surface area contributed by atoms with Crippen molar-refractivity contribution in [2.24, 2.45) is 5.92 Å². The topological polar surface area (TPSA) is 50.5 Å². The Morgan fingerprint density at radius 3 is 3.06 bits per heavy atom. The molecule has 1 amide bonds. The Hall–Kier alpha value is -1.98. The lowest BCUT2D eigenvalue weighted by molar-refractivity contribution is 0.0446. The van der Waals surface area contributed by atoms with Gasteiger partial charge in [-0.1, -0.05) is 0 Å². The second-order valence-corrected chi connectivity index (χ2v) is 4.18. The van der Waals surface area contributed by atoms with Crippen LogP contribution in [0.5, 0.6) is 0 Å². The molecule has 3 rings (SSSR count). The monoisotopic (exact) mass is 234 g/mol. The summed E-state index contributed by atoms with van der Waals surface area (Å²) in [6.45, 7) is 0.601. The average Bonchev–Trinajstić information content (AvgIpc) is 2.71. The van der Waals surface area contributed by atoms with Gasteiger partial charge in [-0.05, 0) is 6.07 Å². The van der Waals surface area contributed by atoms with Gasteiger partial charge >= 0.3 is 0 Å². The maximum absolute atomic E-state index is 12.3. The van der Waals surface area contributed by atoms with Gasteiger partial charge in [0.25, 0.3) is 5.91 Å². The Morgan fingerprint density at radius 1 is 1.53 bits per heavy atom. The lowest BCUT2D eigenvalue weighted by Crippen LogP contribution is -2.50. The second kappa shape index (κ2) is 3.80. The van der Waals surface area contributed by atoms with E-state index >= 15 is 0 Å². The van der Waals surface area contributed by atoms with Crippen molar-refractivity contribution in [3.8, 4) is 0 Å². The van der Waals surface area contributed by atoms with E-state index in [1.54, 1.807) is 33.9 Å².